The van der Waals surface area contributed by atoms with E-state index in [2.05, 4.69) is 110 Å². The number of rotatable bonds is 81. The van der Waals surface area contributed by atoms with Crippen LogP contribution in [-0.2, 0) is 52.3 Å². The predicted molar refractivity (Wildman–Crippen MR) is 467 cm³/mol. The molecule has 0 aliphatic carbocycles. The summed E-state index contributed by atoms with van der Waals surface area (Å²) in [6.07, 6.45) is 56.1. The summed E-state index contributed by atoms with van der Waals surface area (Å²) in [4.78, 5) is 83.1. The second-order valence-electron chi connectivity index (χ2n) is 32.1. The molecule has 4 unspecified atom stereocenters. The molecule has 0 saturated heterocycles. The van der Waals surface area contributed by atoms with Gasteiger partial charge in [-0.2, -0.15) is 0 Å². The highest BCUT2D eigenvalue weighted by molar-refractivity contribution is 5.75. The lowest BCUT2D eigenvalue weighted by molar-refractivity contribution is -0.146. The van der Waals surface area contributed by atoms with E-state index in [-0.39, 0.29) is 36.7 Å². The Labute approximate surface area is 686 Å². The number of likely N-dealkylation sites (N-methyl/N-ethyl adjacent to an activating group) is 2. The average Bonchev–Trinajstić information content (AvgIpc) is 0.976. The fourth-order valence-corrected chi connectivity index (χ4v) is 14.1. The van der Waals surface area contributed by atoms with Crippen LogP contribution in [0.15, 0.2) is 0 Å². The summed E-state index contributed by atoms with van der Waals surface area (Å²) in [5.41, 5.74) is 0. The Hall–Kier alpha value is -3.54. The van der Waals surface area contributed by atoms with Crippen LogP contribution in [0.3, 0.4) is 0 Å². The van der Waals surface area contributed by atoms with E-state index in [0.717, 1.165) is 175 Å². The molecular formula is C94H186N4O13. The number of ether oxygens (including phenoxy) is 7. The zero-order valence-corrected chi connectivity index (χ0v) is 75.9. The molecule has 0 aromatic carbocycles. The second kappa shape index (κ2) is 88.8. The van der Waals surface area contributed by atoms with E-state index in [1.165, 1.54) is 186 Å². The zero-order chi connectivity index (χ0) is 82.5. The van der Waals surface area contributed by atoms with Crippen molar-refractivity contribution in [1.29, 1.82) is 0 Å². The van der Waals surface area contributed by atoms with Crippen LogP contribution in [0.25, 0.3) is 0 Å². The molecule has 0 spiro atoms. The summed E-state index contributed by atoms with van der Waals surface area (Å²) in [5.74, 6) is 0.859. The Morgan fingerprint density at radius 3 is 0.811 bits per heavy atom. The van der Waals surface area contributed by atoms with Gasteiger partial charge < -0.3 is 47.8 Å². The Bertz CT molecular complexity index is 1990. The fourth-order valence-electron chi connectivity index (χ4n) is 14.1. The molecule has 0 bridgehead atoms. The first-order valence-electron chi connectivity index (χ1n) is 47.6. The van der Waals surface area contributed by atoms with Gasteiger partial charge in [0.05, 0.1) is 13.2 Å². The molecule has 4 atom stereocenters. The number of esters is 3. The SMILES string of the molecule is CCCCCCCC(C)=O.CCCCCCCCC(CCCCCC)COC(=O)CCCC(CCCCCC)OC(=O)OCCN(CCC)CCN(CC)CC.CCCCCCCCC(CCCCCC)COC(=O)CCCC(CCCCCC)OC(=O)OCCN(CCOC(=O)CCCCCCC)CCN(CC)CC. The van der Waals surface area contributed by atoms with Crippen molar-refractivity contribution in [1.82, 2.24) is 19.6 Å². The normalized spacial score (nSPS) is 12.5. The predicted octanol–water partition coefficient (Wildman–Crippen LogP) is 25.6. The van der Waals surface area contributed by atoms with Gasteiger partial charge in [-0.15, -0.1) is 0 Å². The van der Waals surface area contributed by atoms with E-state index in [1.807, 2.05) is 0 Å². The number of ketones is 1. The van der Waals surface area contributed by atoms with E-state index in [9.17, 15) is 28.8 Å². The number of carbonyl (C=O) groups is 6. The molecule has 0 aliphatic heterocycles. The van der Waals surface area contributed by atoms with Crippen molar-refractivity contribution in [2.75, 3.05) is 112 Å². The highest BCUT2D eigenvalue weighted by Crippen LogP contribution is 2.24. The second-order valence-corrected chi connectivity index (χ2v) is 32.1. The number of unbranched alkanes of at least 4 members (excludes halogenated alkanes) is 30. The maximum Gasteiger partial charge on any atom is 0.508 e. The lowest BCUT2D eigenvalue weighted by Crippen LogP contribution is -2.39. The highest BCUT2D eigenvalue weighted by Gasteiger charge is 2.22. The summed E-state index contributed by atoms with van der Waals surface area (Å²) in [7, 11) is 0. The Kier molecular flexibility index (Phi) is 89.3. The van der Waals surface area contributed by atoms with E-state index >= 15 is 0 Å². The molecule has 0 rings (SSSR count). The minimum atomic E-state index is -0.651. The first-order chi connectivity index (χ1) is 54.0. The summed E-state index contributed by atoms with van der Waals surface area (Å²) >= 11 is 0. The van der Waals surface area contributed by atoms with Gasteiger partial charge in [0.25, 0.3) is 0 Å². The van der Waals surface area contributed by atoms with E-state index in [4.69, 9.17) is 33.2 Å². The molecule has 0 heterocycles. The standard InChI is InChI=1S/C46H90N2O7.C39H78N2O5.C9H18O/c1-7-13-17-21-23-25-30-42(29-24-19-15-9-3)41-54-45(50)34-28-32-43(31-26-20-16-10-4)55-46(51)53-40-38-48(36-35-47(11-5)12-6)37-39-52-44(49)33-27-22-18-14-8-2;1-7-13-16-19-20-22-26-36(25-21-17-14-8-2)35-45-38(42)29-24-28-37(27-23-18-15-9-3)46-39(43)44-34-33-41(30-10-4)32-31-40(11-5)12-6;1-3-4-5-6-7-8-9(2)10/h42-43H,7-41H2,1-6H3;36-37H,7-35H2,1-6H3;3-8H2,1-2H3. The van der Waals surface area contributed by atoms with Gasteiger partial charge >= 0.3 is 30.2 Å². The van der Waals surface area contributed by atoms with Gasteiger partial charge in [0.1, 0.15) is 37.8 Å². The van der Waals surface area contributed by atoms with Crippen molar-refractivity contribution in [2.45, 2.75) is 449 Å². The minimum absolute atomic E-state index is 0.116. The molecular weight excluding hydrogens is 1390 g/mol. The molecule has 0 fully saturated rings. The number of carbonyl (C=O) groups excluding carboxylic acids is 6. The zero-order valence-electron chi connectivity index (χ0n) is 75.9. The molecule has 0 aromatic heterocycles. The quantitative estimate of drug-likeness (QED) is 0.0318. The molecule has 0 N–H and O–H groups in total. The number of hydrogen-bond acceptors (Lipinski definition) is 17. The van der Waals surface area contributed by atoms with Crippen LogP contribution in [0, 0.1) is 11.8 Å². The van der Waals surface area contributed by atoms with E-state index in [1.54, 1.807) is 6.92 Å². The van der Waals surface area contributed by atoms with Crippen LogP contribution in [-0.4, -0.2) is 179 Å². The van der Waals surface area contributed by atoms with Gasteiger partial charge in [-0.1, -0.05) is 308 Å². The van der Waals surface area contributed by atoms with Crippen molar-refractivity contribution in [3.05, 3.63) is 0 Å². The molecule has 111 heavy (non-hydrogen) atoms. The molecule has 0 aromatic rings. The maximum absolute atomic E-state index is 12.9. The molecule has 0 amide bonds. The lowest BCUT2D eigenvalue weighted by atomic mass is 9.95. The highest BCUT2D eigenvalue weighted by atomic mass is 16.7. The molecule has 0 aliphatic rings. The molecule has 17 nitrogen and oxygen atoms in total. The van der Waals surface area contributed by atoms with Crippen molar-refractivity contribution in [3.63, 3.8) is 0 Å². The lowest BCUT2D eigenvalue weighted by Gasteiger charge is -2.26. The first kappa shape index (κ1) is 112. The van der Waals surface area contributed by atoms with Gasteiger partial charge in [-0.05, 0) is 148 Å². The van der Waals surface area contributed by atoms with Crippen LogP contribution in [0.1, 0.15) is 437 Å². The fraction of sp³-hybridized carbons (Fsp3) is 0.936. The van der Waals surface area contributed by atoms with Crippen molar-refractivity contribution in [3.8, 4) is 0 Å². The van der Waals surface area contributed by atoms with Gasteiger partial charge in [0, 0.05) is 71.5 Å². The van der Waals surface area contributed by atoms with Crippen LogP contribution in [0.2, 0.25) is 0 Å². The number of hydrogen-bond donors (Lipinski definition) is 0. The summed E-state index contributed by atoms with van der Waals surface area (Å²) in [6, 6.07) is 0. The monoisotopic (exact) mass is 1580 g/mol. The maximum atomic E-state index is 12.9. The topological polar surface area (TPSA) is 180 Å². The third-order valence-electron chi connectivity index (χ3n) is 21.8. The number of nitrogens with zero attached hydrogens (tertiary/aromatic N) is 4. The van der Waals surface area contributed by atoms with Crippen LogP contribution in [0.5, 0.6) is 0 Å². The van der Waals surface area contributed by atoms with Crippen LogP contribution >= 0.6 is 0 Å². The molecule has 17 heteroatoms. The van der Waals surface area contributed by atoms with Gasteiger partial charge in [-0.25, -0.2) is 9.59 Å². The van der Waals surface area contributed by atoms with Gasteiger partial charge in [0.15, 0.2) is 0 Å². The molecule has 660 valence electrons. The third kappa shape index (κ3) is 81.4. The Morgan fingerprint density at radius 1 is 0.234 bits per heavy atom. The Morgan fingerprint density at radius 2 is 0.486 bits per heavy atom. The largest absolute Gasteiger partial charge is 0.508 e. The van der Waals surface area contributed by atoms with Crippen molar-refractivity contribution < 1.29 is 61.9 Å². The van der Waals surface area contributed by atoms with Gasteiger partial charge in [0.2, 0.25) is 0 Å². The summed E-state index contributed by atoms with van der Waals surface area (Å²) in [6.45, 7) is 42.8. The number of Topliss-reactive ketones (excluding diaryl/α,β-unsaturated/α-hetero) is 1. The molecule has 0 radical (unpaired) electrons. The summed E-state index contributed by atoms with van der Waals surface area (Å²) < 4.78 is 39.9. The minimum Gasteiger partial charge on any atom is -0.465 e. The first-order valence-corrected chi connectivity index (χ1v) is 47.6. The van der Waals surface area contributed by atoms with Crippen molar-refractivity contribution >= 4 is 36.0 Å². The summed E-state index contributed by atoms with van der Waals surface area (Å²) in [5, 5.41) is 0. The van der Waals surface area contributed by atoms with Crippen LogP contribution < -0.4 is 0 Å². The Balaban J connectivity index is -0.00000189. The molecule has 0 saturated carbocycles. The van der Waals surface area contributed by atoms with Crippen LogP contribution in [0.4, 0.5) is 9.59 Å². The third-order valence-corrected chi connectivity index (χ3v) is 21.8. The smallest absolute Gasteiger partial charge is 0.465 e. The van der Waals surface area contributed by atoms with E-state index in [0.29, 0.717) is 102 Å². The average molecular weight is 1580 g/mol. The van der Waals surface area contributed by atoms with Crippen molar-refractivity contribution in [2.24, 2.45) is 11.8 Å². The van der Waals surface area contributed by atoms with Gasteiger partial charge in [-0.3, -0.25) is 24.2 Å². The van der Waals surface area contributed by atoms with E-state index < -0.39 is 12.3 Å².